The van der Waals surface area contributed by atoms with Gasteiger partial charge in [-0.05, 0) is 5.92 Å². The number of halogens is 3. The Kier molecular flexibility index (Phi) is 5.12. The maximum absolute atomic E-state index is 11.9. The minimum Gasteiger partial charge on any atom is -0.388 e. The third-order valence-electron chi connectivity index (χ3n) is 3.08. The van der Waals surface area contributed by atoms with Crippen LogP contribution < -0.4 is 5.73 Å². The number of likely N-dealkylation sites (tertiary alicyclic amines) is 1. The first kappa shape index (κ1) is 15.8. The quantitative estimate of drug-likeness (QED) is 0.751. The Labute approximate surface area is 120 Å². The molecule has 0 aromatic rings. The molecule has 3 atom stereocenters. The number of alkyl halides is 3. The summed E-state index contributed by atoms with van der Waals surface area (Å²) in [5.41, 5.74) is 5.23. The monoisotopic (exact) mass is 316 g/mol. The van der Waals surface area contributed by atoms with Crippen molar-refractivity contribution < 1.29 is 14.7 Å². The molecule has 2 amide bonds. The van der Waals surface area contributed by atoms with Crippen LogP contribution in [0.25, 0.3) is 0 Å². The minimum atomic E-state index is -1.90. The van der Waals surface area contributed by atoms with Crippen molar-refractivity contribution in [3.8, 4) is 0 Å². The van der Waals surface area contributed by atoms with Crippen molar-refractivity contribution in [2.24, 2.45) is 17.6 Å². The van der Waals surface area contributed by atoms with Crippen LogP contribution in [0.5, 0.6) is 0 Å². The molecule has 3 N–H and O–H groups in total. The first-order valence-electron chi connectivity index (χ1n) is 5.44. The van der Waals surface area contributed by atoms with E-state index in [2.05, 4.69) is 0 Å². The number of carbonyl (C=O) groups excluding carboxylic acids is 2. The lowest BCUT2D eigenvalue weighted by Crippen LogP contribution is -2.36. The summed E-state index contributed by atoms with van der Waals surface area (Å²) >= 11 is 16.4. The van der Waals surface area contributed by atoms with Crippen LogP contribution >= 0.6 is 34.8 Å². The van der Waals surface area contributed by atoms with Crippen molar-refractivity contribution in [2.75, 3.05) is 13.1 Å². The van der Waals surface area contributed by atoms with Gasteiger partial charge < -0.3 is 15.7 Å². The number of nitrogens with zero attached hydrogens (tertiary/aromatic N) is 1. The topological polar surface area (TPSA) is 83.6 Å². The maximum atomic E-state index is 11.9. The number of primary amides is 1. The molecule has 0 aromatic heterocycles. The fourth-order valence-corrected chi connectivity index (χ4v) is 2.18. The molecule has 0 spiro atoms. The lowest BCUT2D eigenvalue weighted by Gasteiger charge is -2.22. The average molecular weight is 318 g/mol. The zero-order valence-electron chi connectivity index (χ0n) is 9.78. The minimum absolute atomic E-state index is 0.00338. The Morgan fingerprint density at radius 2 is 2.00 bits per heavy atom. The summed E-state index contributed by atoms with van der Waals surface area (Å²) in [5.74, 6) is -1.15. The van der Waals surface area contributed by atoms with Gasteiger partial charge in [-0.1, -0.05) is 41.7 Å². The van der Waals surface area contributed by atoms with E-state index in [0.717, 1.165) is 0 Å². The van der Waals surface area contributed by atoms with E-state index in [1.165, 1.54) is 4.90 Å². The molecule has 104 valence electrons. The third kappa shape index (κ3) is 3.88. The highest BCUT2D eigenvalue weighted by molar-refractivity contribution is 6.68. The lowest BCUT2D eigenvalue weighted by atomic mass is 9.98. The number of aliphatic hydroxyl groups excluding tert-OH is 1. The normalized spacial score (nSPS) is 26.2. The van der Waals surface area contributed by atoms with Gasteiger partial charge in [-0.2, -0.15) is 0 Å². The van der Waals surface area contributed by atoms with Gasteiger partial charge >= 0.3 is 0 Å². The molecule has 1 saturated heterocycles. The van der Waals surface area contributed by atoms with Gasteiger partial charge in [0.2, 0.25) is 15.6 Å². The fraction of sp³-hybridized carbons (Fsp3) is 0.800. The second kappa shape index (κ2) is 5.82. The van der Waals surface area contributed by atoms with Crippen LogP contribution in [0.2, 0.25) is 0 Å². The lowest BCUT2D eigenvalue weighted by molar-refractivity contribution is -0.132. The molecule has 0 saturated carbocycles. The van der Waals surface area contributed by atoms with Gasteiger partial charge in [0, 0.05) is 13.1 Å². The van der Waals surface area contributed by atoms with Crippen molar-refractivity contribution >= 4 is 46.6 Å². The molecule has 1 aliphatic rings. The molecule has 0 aromatic carbocycles. The third-order valence-corrected chi connectivity index (χ3v) is 3.83. The van der Waals surface area contributed by atoms with Gasteiger partial charge in [-0.15, -0.1) is 0 Å². The second-order valence-electron chi connectivity index (χ2n) is 4.55. The van der Waals surface area contributed by atoms with Gasteiger partial charge in [0.05, 0.1) is 12.3 Å². The second-order valence-corrected chi connectivity index (χ2v) is 6.92. The molecule has 1 heterocycles. The van der Waals surface area contributed by atoms with E-state index < -0.39 is 15.8 Å². The fourth-order valence-electron chi connectivity index (χ4n) is 1.95. The molecule has 0 bridgehead atoms. The largest absolute Gasteiger partial charge is 0.388 e. The summed E-state index contributed by atoms with van der Waals surface area (Å²) in [7, 11) is 0. The molecule has 0 aliphatic carbocycles. The number of hydrogen-bond acceptors (Lipinski definition) is 3. The first-order chi connectivity index (χ1) is 8.12. The highest BCUT2D eigenvalue weighted by Crippen LogP contribution is 2.32. The van der Waals surface area contributed by atoms with E-state index in [4.69, 9.17) is 40.5 Å². The SMILES string of the molecule is C[C@@H]1CN(C(=O)C[C@@H](O)C(Cl)(Cl)Cl)C[C@H]1C(N)=O. The van der Waals surface area contributed by atoms with Gasteiger partial charge in [0.1, 0.15) is 6.10 Å². The molecule has 1 aliphatic heterocycles. The van der Waals surface area contributed by atoms with Gasteiger partial charge in [-0.25, -0.2) is 0 Å². The van der Waals surface area contributed by atoms with Crippen molar-refractivity contribution in [1.29, 1.82) is 0 Å². The standard InChI is InChI=1S/C10H15Cl3N2O3/c1-5-3-15(4-6(5)9(14)18)8(17)2-7(16)10(11,12)13/h5-7,16H,2-4H2,1H3,(H2,14,18)/t5-,6-,7-/m1/s1. The predicted octanol–water partition coefficient (Wildman–Crippen LogP) is 0.687. The van der Waals surface area contributed by atoms with Crippen LogP contribution in [0, 0.1) is 11.8 Å². The average Bonchev–Trinajstić information content (AvgIpc) is 2.58. The summed E-state index contributed by atoms with van der Waals surface area (Å²) < 4.78 is -1.90. The molecule has 8 heteroatoms. The van der Waals surface area contributed by atoms with E-state index in [9.17, 15) is 14.7 Å². The summed E-state index contributed by atoms with van der Waals surface area (Å²) in [6, 6.07) is 0. The molecular formula is C10H15Cl3N2O3. The number of amides is 2. The molecule has 1 fully saturated rings. The number of nitrogens with two attached hydrogens (primary N) is 1. The zero-order chi connectivity index (χ0) is 14.1. The Morgan fingerprint density at radius 3 is 2.39 bits per heavy atom. The highest BCUT2D eigenvalue weighted by Gasteiger charge is 2.38. The van der Waals surface area contributed by atoms with Crippen molar-refractivity contribution in [1.82, 2.24) is 4.90 Å². The molecule has 18 heavy (non-hydrogen) atoms. The molecule has 0 radical (unpaired) electrons. The van der Waals surface area contributed by atoms with Crippen molar-refractivity contribution in [3.63, 3.8) is 0 Å². The maximum Gasteiger partial charge on any atom is 0.225 e. The van der Waals surface area contributed by atoms with E-state index in [1.807, 2.05) is 6.92 Å². The van der Waals surface area contributed by atoms with E-state index in [-0.39, 0.29) is 30.7 Å². The number of carbonyl (C=O) groups is 2. The van der Waals surface area contributed by atoms with Crippen LogP contribution in [0.4, 0.5) is 0 Å². The molecule has 5 nitrogen and oxygen atoms in total. The molecule has 0 unspecified atom stereocenters. The van der Waals surface area contributed by atoms with Gasteiger partial charge in [0.15, 0.2) is 0 Å². The van der Waals surface area contributed by atoms with E-state index >= 15 is 0 Å². The zero-order valence-corrected chi connectivity index (χ0v) is 12.0. The van der Waals surface area contributed by atoms with Crippen LogP contribution in [0.1, 0.15) is 13.3 Å². The van der Waals surface area contributed by atoms with Crippen molar-refractivity contribution in [2.45, 2.75) is 23.2 Å². The number of rotatable bonds is 3. The van der Waals surface area contributed by atoms with Gasteiger partial charge in [0.25, 0.3) is 0 Å². The Bertz CT molecular complexity index is 346. The first-order valence-corrected chi connectivity index (χ1v) is 6.58. The Balaban J connectivity index is 2.57. The van der Waals surface area contributed by atoms with Crippen molar-refractivity contribution in [3.05, 3.63) is 0 Å². The van der Waals surface area contributed by atoms with E-state index in [1.54, 1.807) is 0 Å². The predicted molar refractivity (Wildman–Crippen MR) is 69.3 cm³/mol. The number of hydrogen-bond donors (Lipinski definition) is 2. The highest BCUT2D eigenvalue weighted by atomic mass is 35.6. The van der Waals surface area contributed by atoms with Crippen LogP contribution in [-0.2, 0) is 9.59 Å². The summed E-state index contributed by atoms with van der Waals surface area (Å²) in [5, 5.41) is 9.52. The molecular weight excluding hydrogens is 302 g/mol. The number of aliphatic hydroxyl groups is 1. The van der Waals surface area contributed by atoms with Crippen LogP contribution in [0.3, 0.4) is 0 Å². The van der Waals surface area contributed by atoms with Gasteiger partial charge in [-0.3, -0.25) is 9.59 Å². The smallest absolute Gasteiger partial charge is 0.225 e. The Hall–Kier alpha value is -0.230. The summed E-state index contributed by atoms with van der Waals surface area (Å²) in [4.78, 5) is 24.4. The summed E-state index contributed by atoms with van der Waals surface area (Å²) in [6.45, 7) is 2.51. The van der Waals surface area contributed by atoms with E-state index in [0.29, 0.717) is 6.54 Å². The summed E-state index contributed by atoms with van der Waals surface area (Å²) in [6.07, 6.45) is -1.67. The Morgan fingerprint density at radius 1 is 1.44 bits per heavy atom. The molecule has 1 rings (SSSR count). The van der Waals surface area contributed by atoms with Crippen LogP contribution in [0.15, 0.2) is 0 Å². The van der Waals surface area contributed by atoms with Crippen LogP contribution in [-0.4, -0.2) is 44.8 Å².